The lowest BCUT2D eigenvalue weighted by atomic mass is 9.81. The summed E-state index contributed by atoms with van der Waals surface area (Å²) in [4.78, 5) is 11.6. The Labute approximate surface area is 116 Å². The van der Waals surface area contributed by atoms with Crippen molar-refractivity contribution in [3.8, 4) is 0 Å². The van der Waals surface area contributed by atoms with Crippen LogP contribution in [0.4, 0.5) is 0 Å². The summed E-state index contributed by atoms with van der Waals surface area (Å²) in [7, 11) is -1.10. The molecule has 1 saturated carbocycles. The van der Waals surface area contributed by atoms with Crippen molar-refractivity contribution >= 4 is 16.8 Å². The molecule has 3 nitrogen and oxygen atoms in total. The van der Waals surface area contributed by atoms with Crippen molar-refractivity contribution in [1.82, 2.24) is 0 Å². The highest BCUT2D eigenvalue weighted by molar-refractivity contribution is 7.85. The summed E-state index contributed by atoms with van der Waals surface area (Å²) < 4.78 is 12.5. The lowest BCUT2D eigenvalue weighted by Crippen LogP contribution is -2.28. The zero-order chi connectivity index (χ0) is 14.0. The number of aromatic carboxylic acids is 1. The van der Waals surface area contributed by atoms with Gasteiger partial charge >= 0.3 is 5.97 Å². The largest absolute Gasteiger partial charge is 0.478 e. The fourth-order valence-corrected chi connectivity index (χ4v) is 4.31. The molecule has 1 N–H and O–H groups in total. The van der Waals surface area contributed by atoms with Gasteiger partial charge in [-0.3, -0.25) is 4.21 Å². The molecule has 2 rings (SSSR count). The molecule has 0 spiro atoms. The minimum Gasteiger partial charge on any atom is -0.478 e. The Morgan fingerprint density at radius 1 is 1.26 bits per heavy atom. The number of carbonyl (C=O) groups is 1. The highest BCUT2D eigenvalue weighted by atomic mass is 32.2. The molecule has 0 heterocycles. The Balaban J connectivity index is 2.16. The van der Waals surface area contributed by atoms with Crippen molar-refractivity contribution in [2.75, 3.05) is 0 Å². The van der Waals surface area contributed by atoms with Crippen molar-refractivity contribution in [1.29, 1.82) is 0 Å². The van der Waals surface area contributed by atoms with E-state index in [0.29, 0.717) is 16.7 Å². The van der Waals surface area contributed by atoms with Gasteiger partial charge in [0.15, 0.2) is 0 Å². The molecule has 4 unspecified atom stereocenters. The molecule has 1 fully saturated rings. The molecule has 0 radical (unpaired) electrons. The van der Waals surface area contributed by atoms with Crippen LogP contribution in [0, 0.1) is 11.8 Å². The van der Waals surface area contributed by atoms with Gasteiger partial charge in [0.1, 0.15) is 0 Å². The van der Waals surface area contributed by atoms with Crippen molar-refractivity contribution in [3.63, 3.8) is 0 Å². The van der Waals surface area contributed by atoms with Crippen molar-refractivity contribution in [2.45, 2.75) is 43.3 Å². The molecule has 0 aromatic heterocycles. The summed E-state index contributed by atoms with van der Waals surface area (Å²) in [5.74, 6) is 0.313. The summed E-state index contributed by atoms with van der Waals surface area (Å²) in [6, 6.07) is 6.52. The monoisotopic (exact) mass is 280 g/mol. The van der Waals surface area contributed by atoms with Crippen LogP contribution in [0.2, 0.25) is 0 Å². The molecule has 1 aliphatic carbocycles. The molecular weight excluding hydrogens is 260 g/mol. The van der Waals surface area contributed by atoms with Gasteiger partial charge in [-0.1, -0.05) is 19.9 Å². The highest BCUT2D eigenvalue weighted by Crippen LogP contribution is 2.33. The summed E-state index contributed by atoms with van der Waals surface area (Å²) in [5.41, 5.74) is 0.211. The third-order valence-electron chi connectivity index (χ3n) is 4.17. The van der Waals surface area contributed by atoms with E-state index in [0.717, 1.165) is 19.3 Å². The predicted octanol–water partition coefficient (Wildman–Crippen LogP) is 3.32. The van der Waals surface area contributed by atoms with Gasteiger partial charge < -0.3 is 5.11 Å². The van der Waals surface area contributed by atoms with E-state index in [-0.39, 0.29) is 10.8 Å². The van der Waals surface area contributed by atoms with Gasteiger partial charge in [0.2, 0.25) is 0 Å². The molecule has 19 heavy (non-hydrogen) atoms. The van der Waals surface area contributed by atoms with E-state index in [4.69, 9.17) is 5.11 Å². The molecular formula is C15H20O3S. The number of benzene rings is 1. The van der Waals surface area contributed by atoms with Crippen LogP contribution in [0.1, 0.15) is 43.5 Å². The standard InChI is InChI=1S/C15H20O3S/c1-10-6-7-14(8-11(10)2)19(18)13-5-3-4-12(9-13)15(16)17/h3-5,9-11,14H,6-8H2,1-2H3,(H,16,17). The molecule has 0 aliphatic heterocycles. The van der Waals surface area contributed by atoms with Crippen LogP contribution in [-0.2, 0) is 10.8 Å². The third kappa shape index (κ3) is 3.24. The Morgan fingerprint density at radius 2 is 2.00 bits per heavy atom. The summed E-state index contributed by atoms with van der Waals surface area (Å²) in [6.45, 7) is 4.45. The smallest absolute Gasteiger partial charge is 0.335 e. The van der Waals surface area contributed by atoms with Crippen molar-refractivity contribution < 1.29 is 14.1 Å². The molecule has 1 aliphatic rings. The van der Waals surface area contributed by atoms with Gasteiger partial charge in [0, 0.05) is 10.1 Å². The maximum atomic E-state index is 12.5. The van der Waals surface area contributed by atoms with Crippen LogP contribution in [-0.4, -0.2) is 20.5 Å². The molecule has 0 amide bonds. The fraction of sp³-hybridized carbons (Fsp3) is 0.533. The summed E-state index contributed by atoms with van der Waals surface area (Å²) in [6.07, 6.45) is 3.04. The number of hydrogen-bond acceptors (Lipinski definition) is 2. The summed E-state index contributed by atoms with van der Waals surface area (Å²) in [5, 5.41) is 9.14. The van der Waals surface area contributed by atoms with E-state index >= 15 is 0 Å². The van der Waals surface area contributed by atoms with Gasteiger partial charge in [-0.2, -0.15) is 0 Å². The average molecular weight is 280 g/mol. The highest BCUT2D eigenvalue weighted by Gasteiger charge is 2.29. The zero-order valence-corrected chi connectivity index (χ0v) is 12.2. The Kier molecular flexibility index (Phi) is 4.40. The van der Waals surface area contributed by atoms with Crippen LogP contribution >= 0.6 is 0 Å². The Morgan fingerprint density at radius 3 is 2.63 bits per heavy atom. The Bertz CT molecular complexity index is 498. The van der Waals surface area contributed by atoms with Crippen LogP contribution in [0.5, 0.6) is 0 Å². The van der Waals surface area contributed by atoms with E-state index in [2.05, 4.69) is 13.8 Å². The number of carboxylic acid groups (broad SMARTS) is 1. The second-order valence-electron chi connectivity index (χ2n) is 5.52. The van der Waals surface area contributed by atoms with E-state index < -0.39 is 16.8 Å². The normalized spacial score (nSPS) is 28.8. The lowest BCUT2D eigenvalue weighted by Gasteiger charge is -2.31. The maximum absolute atomic E-state index is 12.5. The minimum absolute atomic E-state index is 0.162. The van der Waals surface area contributed by atoms with E-state index in [1.54, 1.807) is 18.2 Å². The molecule has 0 saturated heterocycles. The van der Waals surface area contributed by atoms with Gasteiger partial charge in [0.05, 0.1) is 16.4 Å². The molecule has 0 bridgehead atoms. The van der Waals surface area contributed by atoms with E-state index in [1.807, 2.05) is 0 Å². The Hall–Kier alpha value is -1.16. The van der Waals surface area contributed by atoms with Crippen molar-refractivity contribution in [2.24, 2.45) is 11.8 Å². The lowest BCUT2D eigenvalue weighted by molar-refractivity contribution is 0.0696. The number of carboxylic acids is 1. The first-order chi connectivity index (χ1) is 8.99. The molecule has 4 heteroatoms. The van der Waals surface area contributed by atoms with Gasteiger partial charge in [-0.25, -0.2) is 4.79 Å². The molecule has 4 atom stereocenters. The van der Waals surface area contributed by atoms with Crippen LogP contribution in [0.25, 0.3) is 0 Å². The first-order valence-electron chi connectivity index (χ1n) is 6.73. The van der Waals surface area contributed by atoms with Crippen LogP contribution < -0.4 is 0 Å². The fourth-order valence-electron chi connectivity index (χ4n) is 2.64. The minimum atomic E-state index is -1.10. The average Bonchev–Trinajstić information content (AvgIpc) is 2.41. The van der Waals surface area contributed by atoms with Crippen LogP contribution in [0.15, 0.2) is 29.2 Å². The van der Waals surface area contributed by atoms with Gasteiger partial charge in [0.25, 0.3) is 0 Å². The first-order valence-corrected chi connectivity index (χ1v) is 7.94. The second kappa shape index (κ2) is 5.87. The topological polar surface area (TPSA) is 54.4 Å². The maximum Gasteiger partial charge on any atom is 0.335 e. The number of hydrogen-bond donors (Lipinski definition) is 1. The molecule has 1 aromatic rings. The zero-order valence-electron chi connectivity index (χ0n) is 11.3. The summed E-state index contributed by atoms with van der Waals surface area (Å²) >= 11 is 0. The quantitative estimate of drug-likeness (QED) is 0.924. The predicted molar refractivity (Wildman–Crippen MR) is 75.8 cm³/mol. The SMILES string of the molecule is CC1CCC(S(=O)c2cccc(C(=O)O)c2)CC1C. The van der Waals surface area contributed by atoms with Crippen molar-refractivity contribution in [3.05, 3.63) is 29.8 Å². The molecule has 1 aromatic carbocycles. The van der Waals surface area contributed by atoms with Gasteiger partial charge in [-0.15, -0.1) is 0 Å². The number of rotatable bonds is 3. The second-order valence-corrected chi connectivity index (χ2v) is 7.25. The van der Waals surface area contributed by atoms with E-state index in [9.17, 15) is 9.00 Å². The first kappa shape index (κ1) is 14.3. The molecule has 104 valence electrons. The third-order valence-corrected chi connectivity index (χ3v) is 5.92. The van der Waals surface area contributed by atoms with Gasteiger partial charge in [-0.05, 0) is 49.3 Å². The van der Waals surface area contributed by atoms with E-state index in [1.165, 1.54) is 6.07 Å². The van der Waals surface area contributed by atoms with Crippen LogP contribution in [0.3, 0.4) is 0 Å².